The summed E-state index contributed by atoms with van der Waals surface area (Å²) in [5, 5.41) is 0. The molecule has 0 saturated heterocycles. The molecule has 2 aliphatic rings. The van der Waals surface area contributed by atoms with E-state index in [1.807, 2.05) is 0 Å². The highest BCUT2D eigenvalue weighted by Gasteiger charge is 2.60. The summed E-state index contributed by atoms with van der Waals surface area (Å²) in [5.74, 6) is 0. The van der Waals surface area contributed by atoms with E-state index in [1.165, 1.54) is 47.9 Å². The molecule has 0 aliphatic carbocycles. The maximum absolute atomic E-state index is 21.0. The molecule has 10 aromatic carbocycles. The Kier molecular flexibility index (Phi) is 18.4. The molecule has 0 saturated carbocycles. The average Bonchev–Trinajstić information content (AvgIpc) is 1.51. The molecule has 3 heterocycles. The van der Waals surface area contributed by atoms with Crippen molar-refractivity contribution in [3.63, 3.8) is 0 Å². The van der Waals surface area contributed by atoms with Crippen LogP contribution in [0, 0.1) is 20.8 Å². The SMILES string of the molecule is CCCCc1ccc(C2=C(c3ccc(-c4ccc(C)cc4)cc3)C3=C(c4ccc(-c5ccc(C)cc5)cc4)c4c(-c5ccc(-c6ccc(C)cc6)cc5)c(-c5ccc(CCCC)cc5)c(-c5ccc(CCCC)cc5)n4[B-](F)(F)[N+]3=C2c2ccc(CCCC)cc2)cc1. The second-order valence-corrected chi connectivity index (χ2v) is 26.1. The van der Waals surface area contributed by atoms with E-state index in [0.29, 0.717) is 22.8 Å². The summed E-state index contributed by atoms with van der Waals surface area (Å²) < 4.78 is 45.2. The monoisotopic (exact) mass is 1220 g/mol. The summed E-state index contributed by atoms with van der Waals surface area (Å²) in [7, 11) is 0. The Labute approximate surface area is 551 Å². The van der Waals surface area contributed by atoms with E-state index >= 15 is 8.63 Å². The first-order valence-electron chi connectivity index (χ1n) is 34.3. The molecule has 13 rings (SSSR count). The second-order valence-electron chi connectivity index (χ2n) is 26.1. The Hall–Kier alpha value is -9.45. The standard InChI is InChI=1S/C88H85BF2N2/c1-8-12-16-63-26-40-73(41-27-63)80-82(75-54-48-70(49-55-75)67-34-20-60(5)21-35-67)87-84(77-58-52-72(53-59-77)69-38-24-62(7)25-39-69)88-83(76-56-50-71(51-57-76)68-36-22-61(6)23-37-68)81(74-42-28-64(29-43-74)17-13-9-2)86(79-46-32-66(33-47-79)19-15-11-4)93(88)89(90,91)92(87)85(80)78-44-30-65(31-45-78)18-14-10-3/h20-59H,8-19H2,1-7H3. The number of nitrogens with zero attached hydrogens (tertiary/aromatic N) is 2. The molecular weight excluding hydrogens is 1130 g/mol. The number of rotatable bonds is 22. The van der Waals surface area contributed by atoms with Crippen LogP contribution in [0.1, 0.15) is 146 Å². The van der Waals surface area contributed by atoms with E-state index in [4.69, 9.17) is 0 Å². The highest BCUT2D eigenvalue weighted by atomic mass is 19.2. The van der Waals surface area contributed by atoms with Crippen molar-refractivity contribution < 1.29 is 13.1 Å². The molecule has 1 aromatic heterocycles. The molecule has 5 heteroatoms. The van der Waals surface area contributed by atoms with Gasteiger partial charge in [-0.1, -0.05) is 301 Å². The third kappa shape index (κ3) is 12.6. The third-order valence-electron chi connectivity index (χ3n) is 19.4. The van der Waals surface area contributed by atoms with Crippen molar-refractivity contribution in [3.8, 4) is 66.9 Å². The molecular formula is C88H85BF2N2. The van der Waals surface area contributed by atoms with Crippen LogP contribution in [0.4, 0.5) is 8.63 Å². The van der Waals surface area contributed by atoms with Gasteiger partial charge in [0.05, 0.1) is 16.7 Å². The lowest BCUT2D eigenvalue weighted by Gasteiger charge is -2.35. The predicted octanol–water partition coefficient (Wildman–Crippen LogP) is 23.9. The molecule has 93 heavy (non-hydrogen) atoms. The van der Waals surface area contributed by atoms with Gasteiger partial charge in [-0.2, -0.15) is 0 Å². The second kappa shape index (κ2) is 27.4. The van der Waals surface area contributed by atoms with Crippen molar-refractivity contribution in [1.82, 2.24) is 4.48 Å². The lowest BCUT2D eigenvalue weighted by atomic mass is 9.80. The van der Waals surface area contributed by atoms with Crippen molar-refractivity contribution in [3.05, 3.63) is 315 Å². The highest BCUT2D eigenvalue weighted by Crippen LogP contribution is 2.57. The number of aromatic nitrogens is 1. The molecule has 0 spiro atoms. The number of aryl methyl sites for hydroxylation is 7. The summed E-state index contributed by atoms with van der Waals surface area (Å²) in [6.45, 7) is 10.4. The molecule has 0 amide bonds. The van der Waals surface area contributed by atoms with Crippen molar-refractivity contribution in [2.24, 2.45) is 0 Å². The van der Waals surface area contributed by atoms with Gasteiger partial charge in [-0.15, -0.1) is 0 Å². The van der Waals surface area contributed by atoms with Crippen molar-refractivity contribution >= 4 is 29.4 Å². The van der Waals surface area contributed by atoms with Crippen molar-refractivity contribution in [2.45, 2.75) is 126 Å². The van der Waals surface area contributed by atoms with Crippen LogP contribution in [0.3, 0.4) is 0 Å². The number of fused-ring (bicyclic) bond motifs is 2. The lowest BCUT2D eigenvalue weighted by molar-refractivity contribution is -0.358. The smallest absolute Gasteiger partial charge is 0.389 e. The lowest BCUT2D eigenvalue weighted by Crippen LogP contribution is -2.52. The summed E-state index contributed by atoms with van der Waals surface area (Å²) in [6.07, 6.45) is 12.2. The molecule has 0 fully saturated rings. The van der Waals surface area contributed by atoms with Crippen molar-refractivity contribution in [2.75, 3.05) is 0 Å². The van der Waals surface area contributed by atoms with Gasteiger partial charge < -0.3 is 17.6 Å². The zero-order valence-corrected chi connectivity index (χ0v) is 55.3. The summed E-state index contributed by atoms with van der Waals surface area (Å²) in [5.41, 5.74) is 26.5. The Morgan fingerprint density at radius 2 is 0.538 bits per heavy atom. The van der Waals surface area contributed by atoms with E-state index in [0.717, 1.165) is 177 Å². The van der Waals surface area contributed by atoms with Crippen molar-refractivity contribution in [1.29, 1.82) is 0 Å². The van der Waals surface area contributed by atoms with Crippen LogP contribution in [-0.4, -0.2) is 21.6 Å². The van der Waals surface area contributed by atoms with Gasteiger partial charge in [-0.05, 0) is 173 Å². The fourth-order valence-electron chi connectivity index (χ4n) is 14.1. The predicted molar refractivity (Wildman–Crippen MR) is 392 cm³/mol. The van der Waals surface area contributed by atoms with Gasteiger partial charge in [0.15, 0.2) is 11.4 Å². The van der Waals surface area contributed by atoms with E-state index in [2.05, 4.69) is 291 Å². The van der Waals surface area contributed by atoms with Crippen LogP contribution in [0.5, 0.6) is 0 Å². The Morgan fingerprint density at radius 3 is 0.892 bits per heavy atom. The largest absolute Gasteiger partial charge is 0.738 e. The van der Waals surface area contributed by atoms with Crippen LogP contribution in [0.15, 0.2) is 248 Å². The molecule has 2 aliphatic heterocycles. The van der Waals surface area contributed by atoms with Gasteiger partial charge in [-0.25, -0.2) is 0 Å². The highest BCUT2D eigenvalue weighted by molar-refractivity contribution is 6.61. The number of halogens is 2. The maximum Gasteiger partial charge on any atom is 0.738 e. The number of allylic oxidation sites excluding steroid dienone is 2. The van der Waals surface area contributed by atoms with Gasteiger partial charge in [0.2, 0.25) is 0 Å². The number of hydrogen-bond acceptors (Lipinski definition) is 0. The molecule has 0 unspecified atom stereocenters. The normalized spacial score (nSPS) is 13.5. The summed E-state index contributed by atoms with van der Waals surface area (Å²) >= 11 is 0. The molecule has 0 radical (unpaired) electrons. The molecule has 0 atom stereocenters. The summed E-state index contributed by atoms with van der Waals surface area (Å²) in [6, 6.07) is 87.0. The summed E-state index contributed by atoms with van der Waals surface area (Å²) in [4.78, 5) is 0. The number of unbranched alkanes of at least 4 members (excludes halogenated alkanes) is 4. The fourth-order valence-corrected chi connectivity index (χ4v) is 14.1. The van der Waals surface area contributed by atoms with Gasteiger partial charge in [0.25, 0.3) is 0 Å². The van der Waals surface area contributed by atoms with Gasteiger partial charge in [-0.3, -0.25) is 0 Å². The number of hydrogen-bond donors (Lipinski definition) is 0. The van der Waals surface area contributed by atoms with Crippen LogP contribution in [0.25, 0.3) is 83.6 Å². The Balaban J connectivity index is 1.22. The molecule has 0 bridgehead atoms. The first-order valence-corrected chi connectivity index (χ1v) is 34.3. The van der Waals surface area contributed by atoms with Crippen LogP contribution >= 0.6 is 0 Å². The molecule has 11 aromatic rings. The molecule has 2 nitrogen and oxygen atoms in total. The van der Waals surface area contributed by atoms with Crippen LogP contribution in [-0.2, 0) is 25.7 Å². The fraction of sp³-hybridized carbons (Fsp3) is 0.216. The van der Waals surface area contributed by atoms with E-state index < -0.39 is 6.97 Å². The third-order valence-corrected chi connectivity index (χ3v) is 19.4. The Bertz CT molecular complexity index is 4530. The minimum Gasteiger partial charge on any atom is -0.389 e. The molecule has 464 valence electrons. The Morgan fingerprint density at radius 1 is 0.280 bits per heavy atom. The molecule has 0 N–H and O–H groups in total. The zero-order chi connectivity index (χ0) is 64.2. The number of benzene rings is 10. The minimum absolute atomic E-state index is 0.492. The van der Waals surface area contributed by atoms with Crippen LogP contribution < -0.4 is 0 Å². The van der Waals surface area contributed by atoms with Gasteiger partial charge in [0, 0.05) is 28.1 Å². The minimum atomic E-state index is -4.82. The zero-order valence-electron chi connectivity index (χ0n) is 55.3. The first kappa shape index (κ1) is 62.4. The van der Waals surface area contributed by atoms with Gasteiger partial charge >= 0.3 is 6.97 Å². The average molecular weight is 1220 g/mol. The van der Waals surface area contributed by atoms with Gasteiger partial charge in [0.1, 0.15) is 0 Å². The van der Waals surface area contributed by atoms with E-state index in [-0.39, 0.29) is 0 Å². The maximum atomic E-state index is 21.0. The van der Waals surface area contributed by atoms with Crippen LogP contribution in [0.2, 0.25) is 0 Å². The first-order chi connectivity index (χ1) is 45.4. The van der Waals surface area contributed by atoms with E-state index in [9.17, 15) is 0 Å². The quantitative estimate of drug-likeness (QED) is 0.0598. The van der Waals surface area contributed by atoms with E-state index in [1.54, 1.807) is 0 Å². The topological polar surface area (TPSA) is 7.94 Å².